The number of ether oxygens (including phenoxy) is 2. The number of aromatic amines is 1. The molecule has 0 aliphatic heterocycles. The minimum absolute atomic E-state index is 0.0916. The van der Waals surface area contributed by atoms with Crippen molar-refractivity contribution in [2.24, 2.45) is 0 Å². The Hall–Kier alpha value is -3.16. The molecule has 0 unspecified atom stereocenters. The molecule has 4 rings (SSSR count). The number of nitrogens with one attached hydrogen (secondary N) is 2. The van der Waals surface area contributed by atoms with Gasteiger partial charge in [-0.2, -0.15) is 0 Å². The van der Waals surface area contributed by atoms with Crippen LogP contribution in [0.5, 0.6) is 11.5 Å². The summed E-state index contributed by atoms with van der Waals surface area (Å²) in [4.78, 5) is 28.7. The van der Waals surface area contributed by atoms with Crippen LogP contribution in [0, 0.1) is 6.92 Å². The zero-order valence-corrected chi connectivity index (χ0v) is 15.5. The van der Waals surface area contributed by atoms with E-state index in [0.717, 1.165) is 48.0 Å². The van der Waals surface area contributed by atoms with E-state index in [-0.39, 0.29) is 5.56 Å². The first-order valence-corrected chi connectivity index (χ1v) is 8.89. The van der Waals surface area contributed by atoms with Gasteiger partial charge in [0.05, 0.1) is 36.5 Å². The minimum Gasteiger partial charge on any atom is -0.493 e. The lowest BCUT2D eigenvalue weighted by Gasteiger charge is -2.15. The van der Waals surface area contributed by atoms with E-state index in [1.807, 2.05) is 13.0 Å². The van der Waals surface area contributed by atoms with Gasteiger partial charge < -0.3 is 9.47 Å². The molecule has 1 aromatic carbocycles. The SMILES string of the molecule is COc1ccc2nc(Nc3nc4c(c(=O)[nH]3)CCCC4)nc(C)c2c1OC. The van der Waals surface area contributed by atoms with E-state index < -0.39 is 0 Å². The van der Waals surface area contributed by atoms with Gasteiger partial charge in [0.2, 0.25) is 11.9 Å². The van der Waals surface area contributed by atoms with Crippen LogP contribution in [0.1, 0.15) is 29.8 Å². The summed E-state index contributed by atoms with van der Waals surface area (Å²) in [6.07, 6.45) is 3.69. The molecular weight excluding hydrogens is 346 g/mol. The van der Waals surface area contributed by atoms with E-state index in [4.69, 9.17) is 9.47 Å². The Kier molecular flexibility index (Phi) is 4.39. The minimum atomic E-state index is -0.0916. The Bertz CT molecular complexity index is 1080. The molecule has 8 nitrogen and oxygen atoms in total. The molecule has 0 saturated heterocycles. The summed E-state index contributed by atoms with van der Waals surface area (Å²) in [6, 6.07) is 3.65. The molecule has 8 heteroatoms. The molecule has 0 bridgehead atoms. The normalized spacial score (nSPS) is 13.3. The zero-order valence-electron chi connectivity index (χ0n) is 15.5. The van der Waals surface area contributed by atoms with Crippen molar-refractivity contribution in [1.29, 1.82) is 0 Å². The fourth-order valence-corrected chi connectivity index (χ4v) is 3.54. The molecule has 0 fully saturated rings. The highest BCUT2D eigenvalue weighted by Gasteiger charge is 2.17. The van der Waals surface area contributed by atoms with E-state index in [9.17, 15) is 4.79 Å². The average molecular weight is 367 g/mol. The van der Waals surface area contributed by atoms with Crippen LogP contribution in [0.2, 0.25) is 0 Å². The van der Waals surface area contributed by atoms with Gasteiger partial charge in [-0.05, 0) is 44.7 Å². The van der Waals surface area contributed by atoms with Gasteiger partial charge in [0.1, 0.15) is 0 Å². The molecule has 3 aromatic rings. The number of aryl methyl sites for hydroxylation is 2. The maximum Gasteiger partial charge on any atom is 0.255 e. The van der Waals surface area contributed by atoms with Gasteiger partial charge in [-0.25, -0.2) is 15.0 Å². The van der Waals surface area contributed by atoms with Crippen LogP contribution in [-0.4, -0.2) is 34.2 Å². The number of hydrogen-bond donors (Lipinski definition) is 2. The van der Waals surface area contributed by atoms with Crippen molar-refractivity contribution in [3.63, 3.8) is 0 Å². The smallest absolute Gasteiger partial charge is 0.255 e. The monoisotopic (exact) mass is 367 g/mol. The van der Waals surface area contributed by atoms with Gasteiger partial charge in [-0.1, -0.05) is 0 Å². The van der Waals surface area contributed by atoms with Crippen molar-refractivity contribution in [1.82, 2.24) is 19.9 Å². The largest absolute Gasteiger partial charge is 0.493 e. The second-order valence-corrected chi connectivity index (χ2v) is 6.50. The fourth-order valence-electron chi connectivity index (χ4n) is 3.54. The molecule has 27 heavy (non-hydrogen) atoms. The van der Waals surface area contributed by atoms with Crippen LogP contribution in [0.25, 0.3) is 10.9 Å². The summed E-state index contributed by atoms with van der Waals surface area (Å²) >= 11 is 0. The number of rotatable bonds is 4. The Morgan fingerprint density at radius 1 is 1.07 bits per heavy atom. The molecule has 0 radical (unpaired) electrons. The molecule has 0 amide bonds. The molecule has 0 spiro atoms. The van der Waals surface area contributed by atoms with Gasteiger partial charge >= 0.3 is 0 Å². The van der Waals surface area contributed by atoms with Crippen LogP contribution >= 0.6 is 0 Å². The first-order chi connectivity index (χ1) is 13.1. The second-order valence-electron chi connectivity index (χ2n) is 6.50. The Labute approximate surface area is 156 Å². The first kappa shape index (κ1) is 17.3. The fraction of sp³-hybridized carbons (Fsp3) is 0.368. The van der Waals surface area contributed by atoms with Crippen LogP contribution in [0.4, 0.5) is 11.9 Å². The lowest BCUT2D eigenvalue weighted by molar-refractivity contribution is 0.358. The van der Waals surface area contributed by atoms with E-state index in [0.29, 0.717) is 28.9 Å². The highest BCUT2D eigenvalue weighted by atomic mass is 16.5. The van der Waals surface area contributed by atoms with Crippen molar-refractivity contribution in [2.45, 2.75) is 32.6 Å². The summed E-state index contributed by atoms with van der Waals surface area (Å²) in [6.45, 7) is 1.88. The van der Waals surface area contributed by atoms with Crippen molar-refractivity contribution in [3.8, 4) is 11.5 Å². The Morgan fingerprint density at radius 2 is 1.89 bits per heavy atom. The highest BCUT2D eigenvalue weighted by Crippen LogP contribution is 2.36. The van der Waals surface area contributed by atoms with Crippen LogP contribution in [0.15, 0.2) is 16.9 Å². The van der Waals surface area contributed by atoms with Crippen LogP contribution < -0.4 is 20.3 Å². The quantitative estimate of drug-likeness (QED) is 0.731. The van der Waals surface area contributed by atoms with Crippen LogP contribution in [0.3, 0.4) is 0 Å². The predicted molar refractivity (Wildman–Crippen MR) is 102 cm³/mol. The van der Waals surface area contributed by atoms with E-state index in [2.05, 4.69) is 25.3 Å². The third-order valence-corrected chi connectivity index (χ3v) is 4.81. The van der Waals surface area contributed by atoms with Crippen molar-refractivity contribution >= 4 is 22.8 Å². The molecule has 1 aliphatic rings. The number of fused-ring (bicyclic) bond motifs is 2. The third kappa shape index (κ3) is 3.07. The lowest BCUT2D eigenvalue weighted by atomic mass is 9.97. The predicted octanol–water partition coefficient (Wildman–Crippen LogP) is 2.66. The van der Waals surface area contributed by atoms with Gasteiger partial charge in [0, 0.05) is 5.56 Å². The van der Waals surface area contributed by atoms with E-state index in [1.165, 1.54) is 0 Å². The number of benzene rings is 1. The molecule has 0 saturated carbocycles. The van der Waals surface area contributed by atoms with Gasteiger partial charge in [0.15, 0.2) is 11.5 Å². The molecule has 2 heterocycles. The number of methoxy groups -OCH3 is 2. The van der Waals surface area contributed by atoms with Gasteiger partial charge in [0.25, 0.3) is 5.56 Å². The standard InChI is InChI=1S/C19H21N5O3/c1-10-15-13(8-9-14(26-2)16(15)27-3)22-18(20-10)24-19-21-12-7-5-4-6-11(12)17(25)23-19/h8-9H,4-7H2,1-3H3,(H2,20,21,22,23,24,25). The Balaban J connectivity index is 1.75. The van der Waals surface area contributed by atoms with Crippen molar-refractivity contribution in [2.75, 3.05) is 19.5 Å². The molecule has 1 aliphatic carbocycles. The molecule has 2 aromatic heterocycles. The number of nitrogens with zero attached hydrogens (tertiary/aromatic N) is 3. The van der Waals surface area contributed by atoms with Gasteiger partial charge in [-0.15, -0.1) is 0 Å². The van der Waals surface area contributed by atoms with Crippen molar-refractivity contribution in [3.05, 3.63) is 39.4 Å². The maximum atomic E-state index is 12.3. The number of anilines is 2. The molecular formula is C19H21N5O3. The summed E-state index contributed by atoms with van der Waals surface area (Å²) in [5, 5.41) is 3.82. The summed E-state index contributed by atoms with van der Waals surface area (Å²) in [5.74, 6) is 1.95. The number of H-pyrrole nitrogens is 1. The zero-order chi connectivity index (χ0) is 19.0. The number of hydrogen-bond acceptors (Lipinski definition) is 7. The van der Waals surface area contributed by atoms with Crippen molar-refractivity contribution < 1.29 is 9.47 Å². The molecule has 2 N–H and O–H groups in total. The second kappa shape index (κ2) is 6.86. The van der Waals surface area contributed by atoms with E-state index in [1.54, 1.807) is 20.3 Å². The molecule has 0 atom stereocenters. The highest BCUT2D eigenvalue weighted by molar-refractivity contribution is 5.90. The summed E-state index contributed by atoms with van der Waals surface area (Å²) in [5.41, 5.74) is 3.00. The summed E-state index contributed by atoms with van der Waals surface area (Å²) < 4.78 is 10.8. The topological polar surface area (TPSA) is 102 Å². The lowest BCUT2D eigenvalue weighted by Crippen LogP contribution is -2.22. The van der Waals surface area contributed by atoms with E-state index >= 15 is 0 Å². The summed E-state index contributed by atoms with van der Waals surface area (Å²) in [7, 11) is 3.18. The third-order valence-electron chi connectivity index (χ3n) is 4.81. The molecule has 140 valence electrons. The Morgan fingerprint density at radius 3 is 2.67 bits per heavy atom. The maximum absolute atomic E-state index is 12.3. The van der Waals surface area contributed by atoms with Gasteiger partial charge in [-0.3, -0.25) is 15.1 Å². The first-order valence-electron chi connectivity index (χ1n) is 8.89. The number of aromatic nitrogens is 4. The van der Waals surface area contributed by atoms with Crippen LogP contribution in [-0.2, 0) is 12.8 Å². The average Bonchev–Trinajstić information content (AvgIpc) is 2.67.